The van der Waals surface area contributed by atoms with E-state index in [0.29, 0.717) is 0 Å². The molecule has 0 N–H and O–H groups in total. The van der Waals surface area contributed by atoms with E-state index in [4.69, 9.17) is 8.83 Å². The van der Waals surface area contributed by atoms with Crippen LogP contribution in [-0.4, -0.2) is 9.13 Å². The van der Waals surface area contributed by atoms with Crippen molar-refractivity contribution in [3.63, 3.8) is 0 Å². The third-order valence-corrected chi connectivity index (χ3v) is 8.88. The molecule has 41 heavy (non-hydrogen) atoms. The van der Waals surface area contributed by atoms with Gasteiger partial charge in [0.1, 0.15) is 22.3 Å². The van der Waals surface area contributed by atoms with Crippen molar-refractivity contribution in [1.82, 2.24) is 9.13 Å². The van der Waals surface area contributed by atoms with Crippen LogP contribution in [0.2, 0.25) is 0 Å². The van der Waals surface area contributed by atoms with E-state index in [1.807, 2.05) is 24.3 Å². The van der Waals surface area contributed by atoms with Crippen molar-refractivity contribution < 1.29 is 8.83 Å². The normalized spacial score (nSPS) is 13.9. The van der Waals surface area contributed by atoms with Gasteiger partial charge in [-0.25, -0.2) is 0 Å². The summed E-state index contributed by atoms with van der Waals surface area (Å²) in [6.45, 7) is 0. The van der Waals surface area contributed by atoms with Gasteiger partial charge in [-0.3, -0.25) is 0 Å². The van der Waals surface area contributed by atoms with Crippen LogP contribution in [0.1, 0.15) is 30.7 Å². The molecule has 0 bridgehead atoms. The SMILES string of the molecule is c1ccc2c(c1)oc1ccc(-n3ccc4c3CCCCCc3c-4ccn3-c3ccc4oc5ccccc5c4c3)cc12. The molecule has 8 aromatic rings. The minimum Gasteiger partial charge on any atom is -0.456 e. The smallest absolute Gasteiger partial charge is 0.135 e. The van der Waals surface area contributed by atoms with Crippen LogP contribution in [0.25, 0.3) is 66.4 Å². The van der Waals surface area contributed by atoms with Crippen molar-refractivity contribution >= 4 is 43.9 Å². The summed E-state index contributed by atoms with van der Waals surface area (Å²) in [7, 11) is 0. The molecular weight excluding hydrogens is 504 g/mol. The van der Waals surface area contributed by atoms with Crippen molar-refractivity contribution in [2.45, 2.75) is 32.1 Å². The zero-order valence-corrected chi connectivity index (χ0v) is 22.6. The number of fused-ring (bicyclic) bond motifs is 9. The fraction of sp³-hybridized carbons (Fsp3) is 0.135. The molecule has 0 saturated carbocycles. The molecule has 4 aromatic heterocycles. The summed E-state index contributed by atoms with van der Waals surface area (Å²) >= 11 is 0. The van der Waals surface area contributed by atoms with Crippen LogP contribution < -0.4 is 0 Å². The van der Waals surface area contributed by atoms with E-state index in [1.54, 1.807) is 0 Å². The van der Waals surface area contributed by atoms with Crippen molar-refractivity contribution in [1.29, 1.82) is 0 Å². The molecule has 0 atom stereocenters. The second-order valence-corrected chi connectivity index (χ2v) is 11.2. The maximum atomic E-state index is 6.11. The molecule has 0 saturated heterocycles. The van der Waals surface area contributed by atoms with Crippen LogP contribution in [0.15, 0.2) is 118 Å². The number of furan rings is 2. The van der Waals surface area contributed by atoms with Gasteiger partial charge < -0.3 is 18.0 Å². The summed E-state index contributed by atoms with van der Waals surface area (Å²) in [5, 5.41) is 4.66. The Kier molecular flexibility index (Phi) is 4.88. The van der Waals surface area contributed by atoms with Crippen molar-refractivity contribution in [3.05, 3.63) is 121 Å². The molecule has 4 heteroatoms. The lowest BCUT2D eigenvalue weighted by molar-refractivity contribution is 0.660. The molecule has 4 aromatic carbocycles. The zero-order chi connectivity index (χ0) is 26.9. The predicted molar refractivity (Wildman–Crippen MR) is 166 cm³/mol. The quantitative estimate of drug-likeness (QED) is 0.222. The second kappa shape index (κ2) is 8.77. The fourth-order valence-electron chi connectivity index (χ4n) is 6.90. The van der Waals surface area contributed by atoms with Gasteiger partial charge in [-0.15, -0.1) is 0 Å². The fourth-order valence-corrected chi connectivity index (χ4v) is 6.90. The number of rotatable bonds is 2. The average molecular weight is 533 g/mol. The first-order chi connectivity index (χ1) is 20.3. The van der Waals surface area contributed by atoms with Crippen LogP contribution in [0.5, 0.6) is 0 Å². The Morgan fingerprint density at radius 3 is 1.41 bits per heavy atom. The van der Waals surface area contributed by atoms with Crippen LogP contribution >= 0.6 is 0 Å². The molecule has 0 radical (unpaired) electrons. The molecule has 198 valence electrons. The average Bonchev–Trinajstić information content (AvgIpc) is 3.78. The highest BCUT2D eigenvalue weighted by Crippen LogP contribution is 2.38. The Balaban J connectivity index is 1.19. The van der Waals surface area contributed by atoms with Crippen LogP contribution in [0.3, 0.4) is 0 Å². The zero-order valence-electron chi connectivity index (χ0n) is 22.6. The Bertz CT molecular complexity index is 2090. The van der Waals surface area contributed by atoms with Crippen LogP contribution in [0.4, 0.5) is 0 Å². The molecule has 0 spiro atoms. The number of hydrogen-bond donors (Lipinski definition) is 0. The molecule has 9 rings (SSSR count). The first-order valence-electron chi connectivity index (χ1n) is 14.6. The highest BCUT2D eigenvalue weighted by Gasteiger charge is 2.21. The third-order valence-electron chi connectivity index (χ3n) is 8.88. The second-order valence-electron chi connectivity index (χ2n) is 11.2. The summed E-state index contributed by atoms with van der Waals surface area (Å²) in [5.74, 6) is 0. The summed E-state index contributed by atoms with van der Waals surface area (Å²) in [5.41, 5.74) is 11.6. The lowest BCUT2D eigenvalue weighted by Crippen LogP contribution is -2.01. The van der Waals surface area contributed by atoms with Crippen LogP contribution in [0, 0.1) is 0 Å². The third kappa shape index (κ3) is 3.47. The van der Waals surface area contributed by atoms with E-state index in [9.17, 15) is 0 Å². The molecule has 1 aliphatic carbocycles. The Hall–Kier alpha value is -4.96. The Morgan fingerprint density at radius 1 is 0.439 bits per heavy atom. The summed E-state index contributed by atoms with van der Waals surface area (Å²) in [6.07, 6.45) is 10.2. The van der Waals surface area contributed by atoms with Gasteiger partial charge in [-0.2, -0.15) is 0 Å². The maximum absolute atomic E-state index is 6.11. The number of aromatic nitrogens is 2. The maximum Gasteiger partial charge on any atom is 0.135 e. The minimum absolute atomic E-state index is 0.934. The molecule has 0 unspecified atom stereocenters. The van der Waals surface area contributed by atoms with E-state index in [2.05, 4.69) is 94.3 Å². The molecule has 1 aliphatic rings. The van der Waals surface area contributed by atoms with Gasteiger partial charge in [-0.05, 0) is 86.3 Å². The lowest BCUT2D eigenvalue weighted by atomic mass is 10.0. The number of benzene rings is 4. The number of nitrogens with zero attached hydrogens (tertiary/aromatic N) is 2. The predicted octanol–water partition coefficient (Wildman–Crippen LogP) is 10.0. The monoisotopic (exact) mass is 532 g/mol. The van der Waals surface area contributed by atoms with E-state index >= 15 is 0 Å². The highest BCUT2D eigenvalue weighted by atomic mass is 16.3. The minimum atomic E-state index is 0.934. The van der Waals surface area contributed by atoms with Gasteiger partial charge in [0.15, 0.2) is 0 Å². The topological polar surface area (TPSA) is 36.1 Å². The van der Waals surface area contributed by atoms with Gasteiger partial charge in [-0.1, -0.05) is 42.8 Å². The molecule has 0 amide bonds. The molecule has 4 heterocycles. The van der Waals surface area contributed by atoms with Gasteiger partial charge in [0, 0.05) is 67.8 Å². The lowest BCUT2D eigenvalue weighted by Gasteiger charge is -2.13. The first-order valence-corrected chi connectivity index (χ1v) is 14.6. The summed E-state index contributed by atoms with van der Waals surface area (Å²) in [6, 6.07) is 34.4. The van der Waals surface area contributed by atoms with E-state index < -0.39 is 0 Å². The molecule has 0 fully saturated rings. The van der Waals surface area contributed by atoms with Crippen molar-refractivity contribution in [3.8, 4) is 22.5 Å². The van der Waals surface area contributed by atoms with E-state index in [0.717, 1.165) is 56.7 Å². The van der Waals surface area contributed by atoms with Crippen molar-refractivity contribution in [2.24, 2.45) is 0 Å². The summed E-state index contributed by atoms with van der Waals surface area (Å²) in [4.78, 5) is 0. The molecule has 0 aliphatic heterocycles. The van der Waals surface area contributed by atoms with E-state index in [-0.39, 0.29) is 0 Å². The van der Waals surface area contributed by atoms with Gasteiger partial charge in [0.25, 0.3) is 0 Å². The molecule has 4 nitrogen and oxygen atoms in total. The van der Waals surface area contributed by atoms with Gasteiger partial charge >= 0.3 is 0 Å². The number of para-hydroxylation sites is 2. The van der Waals surface area contributed by atoms with Crippen molar-refractivity contribution in [2.75, 3.05) is 0 Å². The number of hydrogen-bond acceptors (Lipinski definition) is 2. The Labute approximate surface area is 237 Å². The van der Waals surface area contributed by atoms with Gasteiger partial charge in [0.05, 0.1) is 0 Å². The van der Waals surface area contributed by atoms with Gasteiger partial charge in [0.2, 0.25) is 0 Å². The molecular formula is C37H28N2O2. The largest absolute Gasteiger partial charge is 0.456 e. The first kappa shape index (κ1) is 22.8. The Morgan fingerprint density at radius 2 is 0.902 bits per heavy atom. The standard InChI is InChI=1S/C37H28N2O2/c1-2-10-32-26(18-20-38(32)24-14-16-36-30(22-24)28-8-4-6-12-34(28)40-36)27-19-21-39(33(27)11-3-1)25-15-17-37-31(23-25)29-9-5-7-13-35(29)41-37/h4-9,12-23H,1-3,10-11H2. The summed E-state index contributed by atoms with van der Waals surface area (Å²) < 4.78 is 17.0. The van der Waals surface area contributed by atoms with Crippen LogP contribution in [-0.2, 0) is 12.8 Å². The highest BCUT2D eigenvalue weighted by molar-refractivity contribution is 6.06. The van der Waals surface area contributed by atoms with E-state index in [1.165, 1.54) is 53.2 Å².